The van der Waals surface area contributed by atoms with E-state index in [2.05, 4.69) is 10.3 Å². The van der Waals surface area contributed by atoms with E-state index in [1.54, 1.807) is 24.1 Å². The maximum Gasteiger partial charge on any atom is 0.270 e. The fraction of sp³-hybridized carbons (Fsp3) is 0.636. The Kier molecular flexibility index (Phi) is 2.71. The van der Waals surface area contributed by atoms with Crippen molar-refractivity contribution in [3.8, 4) is 0 Å². The molecule has 0 radical (unpaired) electrons. The van der Waals surface area contributed by atoms with Crippen molar-refractivity contribution in [3.63, 3.8) is 0 Å². The van der Waals surface area contributed by atoms with Gasteiger partial charge in [-0.2, -0.15) is 0 Å². The number of nitrogens with two attached hydrogens (primary N) is 1. The van der Waals surface area contributed by atoms with E-state index in [-0.39, 0.29) is 11.4 Å². The van der Waals surface area contributed by atoms with Crippen molar-refractivity contribution < 1.29 is 4.79 Å². The van der Waals surface area contributed by atoms with Crippen LogP contribution in [0.3, 0.4) is 0 Å². The predicted octanol–water partition coefficient (Wildman–Crippen LogP) is 0.277. The summed E-state index contributed by atoms with van der Waals surface area (Å²) in [6.07, 6.45) is 5.49. The van der Waals surface area contributed by atoms with Crippen molar-refractivity contribution in [2.75, 3.05) is 6.54 Å². The number of rotatable bonds is 4. The number of carbonyl (C=O) groups is 1. The van der Waals surface area contributed by atoms with E-state index in [9.17, 15) is 4.79 Å². The van der Waals surface area contributed by atoms with Gasteiger partial charge >= 0.3 is 0 Å². The Morgan fingerprint density at radius 3 is 2.88 bits per heavy atom. The van der Waals surface area contributed by atoms with E-state index >= 15 is 0 Å². The highest BCUT2D eigenvalue weighted by atomic mass is 16.2. The van der Waals surface area contributed by atoms with Gasteiger partial charge in [0, 0.05) is 13.6 Å². The molecule has 88 valence electrons. The third kappa shape index (κ3) is 1.95. The summed E-state index contributed by atoms with van der Waals surface area (Å²) < 4.78 is 1.71. The molecule has 5 nitrogen and oxygen atoms in total. The van der Waals surface area contributed by atoms with Crippen LogP contribution in [-0.4, -0.2) is 27.5 Å². The first kappa shape index (κ1) is 11.1. The molecule has 0 aromatic carbocycles. The molecular formula is C11H18N4O. The molecule has 0 saturated heterocycles. The number of imidazole rings is 1. The van der Waals surface area contributed by atoms with Crippen molar-refractivity contribution in [1.29, 1.82) is 0 Å². The van der Waals surface area contributed by atoms with E-state index in [0.29, 0.717) is 18.2 Å². The van der Waals surface area contributed by atoms with E-state index in [1.807, 2.05) is 6.92 Å². The Balaban J connectivity index is 2.09. The highest BCUT2D eigenvalue weighted by Gasteiger charge is 2.41. The summed E-state index contributed by atoms with van der Waals surface area (Å²) in [6, 6.07) is 0. The van der Waals surface area contributed by atoms with E-state index in [1.165, 1.54) is 0 Å². The fourth-order valence-corrected chi connectivity index (χ4v) is 1.94. The second kappa shape index (κ2) is 3.90. The first-order chi connectivity index (χ1) is 7.57. The highest BCUT2D eigenvalue weighted by Crippen LogP contribution is 2.39. The first-order valence-corrected chi connectivity index (χ1v) is 5.56. The Bertz CT molecular complexity index is 396. The lowest BCUT2D eigenvalue weighted by atomic mass is 9.96. The van der Waals surface area contributed by atoms with E-state index in [0.717, 1.165) is 12.8 Å². The molecule has 1 fully saturated rings. The highest BCUT2D eigenvalue weighted by molar-refractivity contribution is 5.92. The monoisotopic (exact) mass is 222 g/mol. The summed E-state index contributed by atoms with van der Waals surface area (Å²) in [5, 5.41) is 3.02. The summed E-state index contributed by atoms with van der Waals surface area (Å²) in [5.41, 5.74) is 6.04. The zero-order valence-electron chi connectivity index (χ0n) is 9.73. The number of hydrogen-bond acceptors (Lipinski definition) is 3. The molecule has 16 heavy (non-hydrogen) atoms. The molecule has 1 saturated carbocycles. The minimum atomic E-state index is -0.276. The molecule has 0 spiro atoms. The van der Waals surface area contributed by atoms with Crippen LogP contribution in [0.1, 0.15) is 30.3 Å². The van der Waals surface area contributed by atoms with Gasteiger partial charge in [0.1, 0.15) is 5.69 Å². The van der Waals surface area contributed by atoms with Gasteiger partial charge in [-0.1, -0.05) is 0 Å². The smallest absolute Gasteiger partial charge is 0.270 e. The first-order valence-electron chi connectivity index (χ1n) is 5.56. The van der Waals surface area contributed by atoms with Gasteiger partial charge in [-0.15, -0.1) is 0 Å². The van der Waals surface area contributed by atoms with Crippen molar-refractivity contribution >= 4 is 5.91 Å². The van der Waals surface area contributed by atoms with Crippen LogP contribution in [0.4, 0.5) is 0 Å². The topological polar surface area (TPSA) is 72.9 Å². The summed E-state index contributed by atoms with van der Waals surface area (Å²) in [5.74, 6) is 0.425. The maximum absolute atomic E-state index is 12.0. The summed E-state index contributed by atoms with van der Waals surface area (Å²) in [4.78, 5) is 15.9. The Morgan fingerprint density at radius 2 is 2.44 bits per heavy atom. The van der Waals surface area contributed by atoms with E-state index in [4.69, 9.17) is 5.73 Å². The van der Waals surface area contributed by atoms with Crippen LogP contribution in [-0.2, 0) is 7.05 Å². The molecule has 3 N–H and O–H groups in total. The lowest BCUT2D eigenvalue weighted by Crippen LogP contribution is -2.53. The number of aromatic nitrogens is 2. The van der Waals surface area contributed by atoms with Gasteiger partial charge in [0.15, 0.2) is 0 Å². The normalized spacial score (nSPS) is 19.2. The summed E-state index contributed by atoms with van der Waals surface area (Å²) in [7, 11) is 1.80. The van der Waals surface area contributed by atoms with Gasteiger partial charge in [0.25, 0.3) is 5.91 Å². The zero-order chi connectivity index (χ0) is 11.8. The predicted molar refractivity (Wildman–Crippen MR) is 60.9 cm³/mol. The van der Waals surface area contributed by atoms with Crippen molar-refractivity contribution in [2.45, 2.75) is 25.3 Å². The Morgan fingerprint density at radius 1 is 1.75 bits per heavy atom. The maximum atomic E-state index is 12.0. The van der Waals surface area contributed by atoms with Crippen LogP contribution in [0.2, 0.25) is 0 Å². The molecule has 1 aromatic heterocycles. The second-order valence-electron chi connectivity index (χ2n) is 4.74. The molecule has 1 aromatic rings. The van der Waals surface area contributed by atoms with Gasteiger partial charge in [-0.05, 0) is 25.7 Å². The third-order valence-corrected chi connectivity index (χ3v) is 3.35. The molecule has 1 heterocycles. The molecule has 1 atom stereocenters. The largest absolute Gasteiger partial charge is 0.344 e. The molecule has 0 aliphatic heterocycles. The lowest BCUT2D eigenvalue weighted by Gasteiger charge is -2.29. The minimum Gasteiger partial charge on any atom is -0.344 e. The fourth-order valence-electron chi connectivity index (χ4n) is 1.94. The quantitative estimate of drug-likeness (QED) is 0.768. The van der Waals surface area contributed by atoms with Gasteiger partial charge in [0.2, 0.25) is 0 Å². The van der Waals surface area contributed by atoms with Crippen molar-refractivity contribution in [2.24, 2.45) is 18.7 Å². The zero-order valence-corrected chi connectivity index (χ0v) is 9.73. The average molecular weight is 222 g/mol. The molecule has 0 bridgehead atoms. The van der Waals surface area contributed by atoms with Crippen molar-refractivity contribution in [1.82, 2.24) is 14.9 Å². The average Bonchev–Trinajstić information content (AvgIpc) is 3.02. The summed E-state index contributed by atoms with van der Waals surface area (Å²) in [6.45, 7) is 2.49. The number of nitrogens with one attached hydrogen (secondary N) is 1. The molecule has 1 amide bonds. The second-order valence-corrected chi connectivity index (χ2v) is 4.74. The lowest BCUT2D eigenvalue weighted by molar-refractivity contribution is 0.0889. The van der Waals surface area contributed by atoms with Gasteiger partial charge in [-0.3, -0.25) is 4.79 Å². The molecule has 1 unspecified atom stereocenters. The van der Waals surface area contributed by atoms with Crippen LogP contribution in [0.5, 0.6) is 0 Å². The van der Waals surface area contributed by atoms with Crippen LogP contribution >= 0.6 is 0 Å². The summed E-state index contributed by atoms with van der Waals surface area (Å²) >= 11 is 0. The molecular weight excluding hydrogens is 204 g/mol. The molecule has 1 aliphatic rings. The number of amides is 1. The van der Waals surface area contributed by atoms with Crippen LogP contribution in [0, 0.1) is 5.92 Å². The van der Waals surface area contributed by atoms with Crippen LogP contribution < -0.4 is 11.1 Å². The van der Waals surface area contributed by atoms with Crippen LogP contribution in [0.25, 0.3) is 0 Å². The minimum absolute atomic E-state index is 0.0974. The number of aryl methyl sites for hydroxylation is 1. The SMILES string of the molecule is Cn1cncc1C(=O)NC(C)(CN)C1CC1. The number of carbonyl (C=O) groups excluding carboxylic acids is 1. The van der Waals surface area contributed by atoms with Gasteiger partial charge in [-0.25, -0.2) is 4.98 Å². The van der Waals surface area contributed by atoms with Gasteiger partial charge < -0.3 is 15.6 Å². The molecule has 5 heteroatoms. The van der Waals surface area contributed by atoms with Gasteiger partial charge in [0.05, 0.1) is 18.1 Å². The number of hydrogen-bond donors (Lipinski definition) is 2. The van der Waals surface area contributed by atoms with E-state index < -0.39 is 0 Å². The number of nitrogens with zero attached hydrogens (tertiary/aromatic N) is 2. The van der Waals surface area contributed by atoms with Crippen molar-refractivity contribution in [3.05, 3.63) is 18.2 Å². The Labute approximate surface area is 95.0 Å². The molecule has 2 rings (SSSR count). The van der Waals surface area contributed by atoms with Crippen LogP contribution in [0.15, 0.2) is 12.5 Å². The molecule has 1 aliphatic carbocycles. The standard InChI is InChI=1S/C11H18N4O/c1-11(6-12,8-3-4-8)14-10(16)9-5-13-7-15(9)2/h5,7-8H,3-4,6,12H2,1-2H3,(H,14,16). The Hall–Kier alpha value is -1.36. The third-order valence-electron chi connectivity index (χ3n) is 3.35.